The molecule has 1 aliphatic heterocycles. The van der Waals surface area contributed by atoms with E-state index in [2.05, 4.69) is 47.1 Å². The molecule has 0 radical (unpaired) electrons. The van der Waals surface area contributed by atoms with Crippen LogP contribution in [0.25, 0.3) is 0 Å². The number of aliphatic imine (C=N–C) groups is 1. The molecular formula is C66H91N5O10. The van der Waals surface area contributed by atoms with Crippen LogP contribution in [0.3, 0.4) is 0 Å². The van der Waals surface area contributed by atoms with E-state index in [9.17, 15) is 40.2 Å². The van der Waals surface area contributed by atoms with Crippen molar-refractivity contribution in [3.05, 3.63) is 76.8 Å². The van der Waals surface area contributed by atoms with Crippen LogP contribution in [0.4, 0.5) is 0 Å². The van der Waals surface area contributed by atoms with E-state index < -0.39 is 69.9 Å². The number of allylic oxidation sites excluding steroid dienone is 3. The maximum absolute atomic E-state index is 16.1. The number of carbonyl (C=O) groups is 3. The molecule has 8 aliphatic carbocycles. The number of phenols is 1. The number of cyclic esters (lactones) is 1. The fourth-order valence-corrected chi connectivity index (χ4v) is 19.6. The normalized spacial score (nSPS) is 41.6. The van der Waals surface area contributed by atoms with E-state index >= 15 is 4.79 Å². The number of Topliss-reactive ketones (excluding diaryl/α,β-unsaturated/α-hetero) is 2. The molecule has 1 saturated heterocycles. The highest BCUT2D eigenvalue weighted by Crippen LogP contribution is 2.74. The monoisotopic (exact) mass is 1110 g/mol. The third-order valence-corrected chi connectivity index (χ3v) is 23.2. The number of aromatic nitrogens is 1. The Morgan fingerprint density at radius 2 is 1.69 bits per heavy atom. The fourth-order valence-electron chi connectivity index (χ4n) is 19.6. The average Bonchev–Trinajstić information content (AvgIpc) is 3.92. The highest BCUT2D eigenvalue weighted by Gasteiger charge is 2.75. The lowest BCUT2D eigenvalue weighted by molar-refractivity contribution is -0.198. The number of nitrogens with two attached hydrogens (primary N) is 2. The number of aryl methyl sites for hydroxylation is 1. The molecule has 2 aromatic rings. The number of hydrogen-bond donors (Lipinski definition) is 10. The van der Waals surface area contributed by atoms with E-state index in [0.29, 0.717) is 43.1 Å². The number of nitrogens with one attached hydrogen (secondary N) is 2. The quantitative estimate of drug-likeness (QED) is 0.0330. The topological polar surface area (TPSA) is 274 Å². The van der Waals surface area contributed by atoms with Gasteiger partial charge in [-0.15, -0.1) is 5.92 Å². The van der Waals surface area contributed by atoms with Gasteiger partial charge in [0.15, 0.2) is 17.5 Å². The molecule has 440 valence electrons. The van der Waals surface area contributed by atoms with Crippen molar-refractivity contribution >= 4 is 23.5 Å². The van der Waals surface area contributed by atoms with Crippen molar-refractivity contribution in [1.82, 2.24) is 10.3 Å². The first-order valence-corrected chi connectivity index (χ1v) is 31.1. The molecule has 0 unspecified atom stereocenters. The van der Waals surface area contributed by atoms with E-state index in [1.165, 1.54) is 5.57 Å². The molecule has 0 bridgehead atoms. The van der Waals surface area contributed by atoms with Crippen LogP contribution in [-0.4, -0.2) is 108 Å². The highest BCUT2D eigenvalue weighted by molar-refractivity contribution is 6.00. The van der Waals surface area contributed by atoms with Gasteiger partial charge in [-0.05, 0) is 191 Å². The molecule has 1 aromatic heterocycles. The number of guanidine groups is 1. The standard InChI is InChI=1S/C66H91N5O10/c1-37-12-16-40-17-21-47-38(2)29-55(76)63(3,79)60-42(9-7-8-41(30-49(47)48(40)28-37)50-36-81-61(78)56(50)43-23-26-69-34-43)32-66(80)57-51(22-24-64(60,66)25-27-70-62(67)68)65(44-10-5-4-6-11-44)33-54(75)53(74)31-52(65)59(77)58(57)71-35-46(73)20-15-39-13-18-45(72)19-14-39/h13-14,17-19,23,26,34,37-38,41-42,44,47-56,60,69,71-72,74-76,79-80H,4-6,9-12,15-16,20-22,24-25,27-33,35-36H2,1-3H3,(H4,67,68,70)/t37-,38+,41-,42-,47-,48+,49+,50-,51-,52-,53+,54-,55+,56-,60+,63-,64-,65-,66+/m0/s1. The summed E-state index contributed by atoms with van der Waals surface area (Å²) >= 11 is 0. The molecule has 11 rings (SSSR count). The number of esters is 1. The van der Waals surface area contributed by atoms with Crippen molar-refractivity contribution in [3.63, 3.8) is 0 Å². The maximum Gasteiger partial charge on any atom is 0.313 e. The van der Waals surface area contributed by atoms with E-state index in [-0.39, 0.29) is 129 Å². The molecule has 1 aromatic carbocycles. The summed E-state index contributed by atoms with van der Waals surface area (Å²) in [5.74, 6) is 4.60. The largest absolute Gasteiger partial charge is 0.508 e. The second-order valence-electron chi connectivity index (χ2n) is 27.5. The van der Waals surface area contributed by atoms with Crippen LogP contribution in [0, 0.1) is 93.7 Å². The summed E-state index contributed by atoms with van der Waals surface area (Å²) in [6.45, 7) is 6.43. The Bertz CT molecular complexity index is 2810. The maximum atomic E-state index is 16.1. The number of phenolic OH excluding ortho intramolecular Hbond substituents is 1. The molecule has 0 spiro atoms. The molecule has 12 N–H and O–H groups in total. The van der Waals surface area contributed by atoms with Crippen LogP contribution < -0.4 is 16.8 Å². The Morgan fingerprint density at radius 1 is 0.914 bits per heavy atom. The lowest BCUT2D eigenvalue weighted by atomic mass is 9.40. The Morgan fingerprint density at radius 3 is 2.43 bits per heavy atom. The lowest BCUT2D eigenvalue weighted by Crippen LogP contribution is -2.67. The molecular weight excluding hydrogens is 1020 g/mol. The molecule has 6 fully saturated rings. The van der Waals surface area contributed by atoms with Gasteiger partial charge in [-0.2, -0.15) is 0 Å². The van der Waals surface area contributed by atoms with Crippen molar-refractivity contribution in [3.8, 4) is 17.6 Å². The Balaban J connectivity index is 1.06. The van der Waals surface area contributed by atoms with Gasteiger partial charge in [-0.25, -0.2) is 0 Å². The molecule has 5 saturated carbocycles. The molecule has 81 heavy (non-hydrogen) atoms. The third kappa shape index (κ3) is 10.3. The Hall–Kier alpha value is -4.98. The second-order valence-corrected chi connectivity index (χ2v) is 27.5. The van der Waals surface area contributed by atoms with Crippen molar-refractivity contribution in [1.29, 1.82) is 0 Å². The Labute approximate surface area is 478 Å². The zero-order valence-electron chi connectivity index (χ0n) is 48.0. The fraction of sp³-hybridized carbons (Fsp3) is 0.697. The van der Waals surface area contributed by atoms with Crippen molar-refractivity contribution < 1.29 is 49.8 Å². The number of rotatable bonds is 12. The number of carbonyl (C=O) groups excluding carboxylic acids is 3. The predicted molar refractivity (Wildman–Crippen MR) is 307 cm³/mol. The molecule has 15 nitrogen and oxygen atoms in total. The summed E-state index contributed by atoms with van der Waals surface area (Å²) in [5, 5.41) is 78.5. The predicted octanol–water partition coefficient (Wildman–Crippen LogP) is 7.28. The number of nitrogens with zero attached hydrogens (tertiary/aromatic N) is 1. The lowest BCUT2D eigenvalue weighted by Gasteiger charge is -2.65. The van der Waals surface area contributed by atoms with Crippen LogP contribution in [-0.2, 0) is 25.5 Å². The summed E-state index contributed by atoms with van der Waals surface area (Å²) in [4.78, 5) is 51.8. The van der Waals surface area contributed by atoms with E-state index in [1.54, 1.807) is 31.2 Å². The van der Waals surface area contributed by atoms with Crippen molar-refractivity contribution in [2.24, 2.45) is 98.3 Å². The average molecular weight is 1110 g/mol. The number of benzene rings is 1. The first-order valence-electron chi connectivity index (χ1n) is 31.1. The molecule has 9 aliphatic rings. The molecule has 0 amide bonds. The van der Waals surface area contributed by atoms with Crippen molar-refractivity contribution in [2.75, 3.05) is 19.7 Å². The smallest absolute Gasteiger partial charge is 0.313 e. The number of ketones is 2. The van der Waals surface area contributed by atoms with Gasteiger partial charge in [0, 0.05) is 60.9 Å². The van der Waals surface area contributed by atoms with Crippen LogP contribution in [0.2, 0.25) is 0 Å². The van der Waals surface area contributed by atoms with E-state index in [4.69, 9.17) is 16.2 Å². The number of H-pyrrole nitrogens is 1. The number of hydrogen-bond acceptors (Lipinski definition) is 12. The molecule has 15 heteroatoms. The molecule has 19 atom stereocenters. The number of aromatic hydroxyl groups is 1. The van der Waals surface area contributed by atoms with Gasteiger partial charge in [0.25, 0.3) is 0 Å². The van der Waals surface area contributed by atoms with Gasteiger partial charge >= 0.3 is 5.97 Å². The van der Waals surface area contributed by atoms with Crippen LogP contribution in [0.5, 0.6) is 5.75 Å². The van der Waals surface area contributed by atoms with Crippen LogP contribution in [0.1, 0.15) is 160 Å². The van der Waals surface area contributed by atoms with Crippen LogP contribution in [0.15, 0.2) is 70.6 Å². The first kappa shape index (κ1) is 57.8. The highest BCUT2D eigenvalue weighted by atomic mass is 16.5. The van der Waals surface area contributed by atoms with Gasteiger partial charge in [-0.3, -0.25) is 19.4 Å². The zero-order valence-corrected chi connectivity index (χ0v) is 48.0. The number of aromatic amines is 1. The summed E-state index contributed by atoms with van der Waals surface area (Å²) in [7, 11) is 0. The Kier molecular flexibility index (Phi) is 16.3. The van der Waals surface area contributed by atoms with Crippen LogP contribution >= 0.6 is 0 Å². The summed E-state index contributed by atoms with van der Waals surface area (Å²) in [6, 6.07) is 8.68. The number of ether oxygens (including phenoxy) is 1. The summed E-state index contributed by atoms with van der Waals surface area (Å²) in [5.41, 5.74) is 10.4. The summed E-state index contributed by atoms with van der Waals surface area (Å²) < 4.78 is 5.97. The first-order chi connectivity index (χ1) is 38.8. The van der Waals surface area contributed by atoms with Crippen molar-refractivity contribution in [2.45, 2.75) is 185 Å². The van der Waals surface area contributed by atoms with Gasteiger partial charge in [0.2, 0.25) is 0 Å². The minimum Gasteiger partial charge on any atom is -0.508 e. The minimum absolute atomic E-state index is 0.00855. The van der Waals surface area contributed by atoms with Gasteiger partial charge in [0.1, 0.15) is 5.75 Å². The van der Waals surface area contributed by atoms with E-state index in [0.717, 1.165) is 75.3 Å². The molecule has 2 heterocycles. The minimum atomic E-state index is -1.85. The summed E-state index contributed by atoms with van der Waals surface area (Å²) in [6.07, 6.45) is 14.7. The SMILES string of the molecule is C[C@H]1CCC2=CC[C@@H]3[C@@H](C[C@@H]([C@@H]4COC(=O)[C@H]4c4cc[nH]c4)C#CC[C@H]4C[C@@]5(O)C6=C(NCC(=O)CCc7ccc(O)cc7)C(=O)[C@@H]7C[C@@H](O)[C@@H](O)C[C@]7(C7CCCCC7)[C@H]6CC[C@]5(CCN=C(N)N)[C@H]4[C@@](C)(O)[C@H](O)C[C@H]3C)[C@@H]2C1. The van der Waals surface area contributed by atoms with Gasteiger partial charge in [-0.1, -0.05) is 62.8 Å². The number of fused-ring (bicyclic) bond motifs is 10. The zero-order chi connectivity index (χ0) is 57.2. The van der Waals surface area contributed by atoms with Gasteiger partial charge in [0.05, 0.1) is 54.3 Å². The second kappa shape index (κ2) is 22.9. The van der Waals surface area contributed by atoms with E-state index in [1.807, 2.05) is 18.5 Å². The van der Waals surface area contributed by atoms with Gasteiger partial charge < -0.3 is 57.1 Å². The third-order valence-electron chi connectivity index (χ3n) is 23.2. The number of aliphatic hydroxyl groups excluding tert-OH is 3. The number of aliphatic hydroxyl groups is 5.